The predicted octanol–water partition coefficient (Wildman–Crippen LogP) is -2.01. The molecule has 7 nitrogen and oxygen atoms in total. The summed E-state index contributed by atoms with van der Waals surface area (Å²) in [6.07, 6.45) is 0. The summed E-state index contributed by atoms with van der Waals surface area (Å²) in [5.41, 5.74) is 8.50. The Morgan fingerprint density at radius 1 is 1.20 bits per heavy atom. The third kappa shape index (κ3) is 21200. The van der Waals surface area contributed by atoms with E-state index in [9.17, 15) is 0 Å². The fourth-order valence-electron chi connectivity index (χ4n) is 0. The van der Waals surface area contributed by atoms with Gasteiger partial charge >= 0.3 is 16.4 Å². The predicted molar refractivity (Wildman–Crippen MR) is 33.7 cm³/mol. The standard InChI is InChI=1S/CH4N2O.Na.H2O4S/c2-1(3)4;;1-5(2,3)4/h(H4,2,3,4);;(H2,1,2,3,4). The number of carbonyl (C=O) groups is 1. The van der Waals surface area contributed by atoms with Crippen LogP contribution in [0.1, 0.15) is 0 Å². The molecule has 1 radical (unpaired) electrons. The summed E-state index contributed by atoms with van der Waals surface area (Å²) < 4.78 is 31.6. The Balaban J connectivity index is -0.0000000910. The van der Waals surface area contributed by atoms with Gasteiger partial charge in [-0.05, 0) is 0 Å². The van der Waals surface area contributed by atoms with E-state index in [2.05, 4.69) is 11.5 Å². The molecule has 0 heterocycles. The van der Waals surface area contributed by atoms with Crippen molar-refractivity contribution < 1.29 is 22.3 Å². The summed E-state index contributed by atoms with van der Waals surface area (Å²) in [5, 5.41) is 0. The zero-order valence-corrected chi connectivity index (χ0v) is 8.00. The monoisotopic (exact) mass is 181 g/mol. The van der Waals surface area contributed by atoms with Crippen LogP contribution in [0.4, 0.5) is 4.79 Å². The fourth-order valence-corrected chi connectivity index (χ4v) is 0. The minimum Gasteiger partial charge on any atom is -0.352 e. The largest absolute Gasteiger partial charge is 0.394 e. The molecule has 0 aliphatic rings. The van der Waals surface area contributed by atoms with Crippen LogP contribution in [0.2, 0.25) is 0 Å². The Hall–Kier alpha value is 0.140. The molecule has 10 heavy (non-hydrogen) atoms. The van der Waals surface area contributed by atoms with Crippen molar-refractivity contribution in [3.63, 3.8) is 0 Å². The number of nitrogens with two attached hydrogens (primary N) is 2. The first kappa shape index (κ1) is 16.6. The summed E-state index contributed by atoms with van der Waals surface area (Å²) in [6.45, 7) is 0. The molecule has 0 aromatic rings. The van der Waals surface area contributed by atoms with Crippen LogP contribution < -0.4 is 11.5 Å². The zero-order chi connectivity index (χ0) is 8.08. The average Bonchev–Trinajstić information content (AvgIpc) is 1.19. The van der Waals surface area contributed by atoms with Crippen molar-refractivity contribution in [1.29, 1.82) is 0 Å². The first-order valence-electron chi connectivity index (χ1n) is 1.48. The van der Waals surface area contributed by atoms with E-state index in [1.54, 1.807) is 0 Å². The summed E-state index contributed by atoms with van der Waals surface area (Å²) in [7, 11) is -4.67. The van der Waals surface area contributed by atoms with E-state index in [0.29, 0.717) is 0 Å². The SMILES string of the molecule is NC(N)=O.O=S(=O)(O)O.[Na]. The van der Waals surface area contributed by atoms with Crippen LogP contribution in [0.15, 0.2) is 0 Å². The summed E-state index contributed by atoms with van der Waals surface area (Å²) in [6, 6.07) is -0.833. The second kappa shape index (κ2) is 7.25. The van der Waals surface area contributed by atoms with Gasteiger partial charge in [-0.25, -0.2) is 4.79 Å². The number of amides is 2. The smallest absolute Gasteiger partial charge is 0.352 e. The Morgan fingerprint density at radius 2 is 1.20 bits per heavy atom. The number of hydrogen-bond donors (Lipinski definition) is 4. The molecular formula is CH6N2NaO5S. The maximum atomic E-state index is 9.00. The van der Waals surface area contributed by atoms with Gasteiger partial charge < -0.3 is 11.5 Å². The summed E-state index contributed by atoms with van der Waals surface area (Å²) in [5.74, 6) is 0. The van der Waals surface area contributed by atoms with Crippen LogP contribution in [0.25, 0.3) is 0 Å². The topological polar surface area (TPSA) is 144 Å². The van der Waals surface area contributed by atoms with Gasteiger partial charge in [-0.1, -0.05) is 0 Å². The van der Waals surface area contributed by atoms with Crippen molar-refractivity contribution in [3.05, 3.63) is 0 Å². The van der Waals surface area contributed by atoms with Gasteiger partial charge in [-0.15, -0.1) is 0 Å². The van der Waals surface area contributed by atoms with Gasteiger partial charge in [0, 0.05) is 29.6 Å². The molecule has 0 aromatic heterocycles. The molecular weight excluding hydrogens is 175 g/mol. The average molecular weight is 181 g/mol. The first-order chi connectivity index (χ1) is 3.73. The minimum absolute atomic E-state index is 0. The van der Waals surface area contributed by atoms with Gasteiger partial charge in [0.2, 0.25) is 0 Å². The molecule has 9 heteroatoms. The normalized spacial score (nSPS) is 8.20. The fraction of sp³-hybridized carbons (Fsp3) is 0. The van der Waals surface area contributed by atoms with Crippen molar-refractivity contribution in [2.75, 3.05) is 0 Å². The maximum absolute atomic E-state index is 9.00. The third-order valence-electron chi connectivity index (χ3n) is 0. The molecule has 0 aliphatic heterocycles. The molecule has 0 saturated carbocycles. The van der Waals surface area contributed by atoms with E-state index in [1.807, 2.05) is 0 Å². The Kier molecular flexibility index (Phi) is 12.0. The van der Waals surface area contributed by atoms with Gasteiger partial charge in [0.15, 0.2) is 0 Å². The second-order valence-electron chi connectivity index (χ2n) is 0.850. The van der Waals surface area contributed by atoms with Gasteiger partial charge in [-0.2, -0.15) is 8.42 Å². The minimum atomic E-state index is -4.67. The van der Waals surface area contributed by atoms with E-state index < -0.39 is 16.4 Å². The molecule has 0 bridgehead atoms. The van der Waals surface area contributed by atoms with Crippen molar-refractivity contribution in [3.8, 4) is 0 Å². The van der Waals surface area contributed by atoms with Crippen LogP contribution in [-0.4, -0.2) is 53.1 Å². The molecule has 0 fully saturated rings. The Morgan fingerprint density at radius 3 is 1.20 bits per heavy atom. The number of rotatable bonds is 0. The molecule has 0 spiro atoms. The molecule has 2 amide bonds. The van der Waals surface area contributed by atoms with E-state index >= 15 is 0 Å². The molecule has 0 atom stereocenters. The van der Waals surface area contributed by atoms with E-state index in [1.165, 1.54) is 0 Å². The Bertz CT molecular complexity index is 162. The van der Waals surface area contributed by atoms with Gasteiger partial charge in [0.05, 0.1) is 0 Å². The van der Waals surface area contributed by atoms with Crippen molar-refractivity contribution >= 4 is 46.0 Å². The summed E-state index contributed by atoms with van der Waals surface area (Å²) in [4.78, 5) is 9.00. The van der Waals surface area contributed by atoms with E-state index in [0.717, 1.165) is 0 Å². The van der Waals surface area contributed by atoms with E-state index in [-0.39, 0.29) is 29.6 Å². The molecule has 0 aromatic carbocycles. The van der Waals surface area contributed by atoms with Crippen LogP contribution in [0.3, 0.4) is 0 Å². The van der Waals surface area contributed by atoms with Gasteiger partial charge in [0.25, 0.3) is 0 Å². The van der Waals surface area contributed by atoms with Crippen molar-refractivity contribution in [2.24, 2.45) is 11.5 Å². The number of hydrogen-bond acceptors (Lipinski definition) is 3. The van der Waals surface area contributed by atoms with Crippen LogP contribution >= 0.6 is 0 Å². The summed E-state index contributed by atoms with van der Waals surface area (Å²) >= 11 is 0. The molecule has 0 unspecified atom stereocenters. The number of urea groups is 1. The first-order valence-corrected chi connectivity index (χ1v) is 2.88. The second-order valence-corrected chi connectivity index (χ2v) is 1.75. The molecule has 6 N–H and O–H groups in total. The van der Waals surface area contributed by atoms with Gasteiger partial charge in [0.1, 0.15) is 0 Å². The van der Waals surface area contributed by atoms with Crippen molar-refractivity contribution in [1.82, 2.24) is 0 Å². The van der Waals surface area contributed by atoms with E-state index in [4.69, 9.17) is 22.3 Å². The molecule has 0 aliphatic carbocycles. The molecule has 0 saturated heterocycles. The maximum Gasteiger partial charge on any atom is 0.394 e. The van der Waals surface area contributed by atoms with Crippen LogP contribution in [0, 0.1) is 0 Å². The zero-order valence-electron chi connectivity index (χ0n) is 5.18. The quantitative estimate of drug-likeness (QED) is 0.252. The third-order valence-corrected chi connectivity index (χ3v) is 0. The number of primary amides is 2. The van der Waals surface area contributed by atoms with Crippen LogP contribution in [0.5, 0.6) is 0 Å². The van der Waals surface area contributed by atoms with Crippen LogP contribution in [-0.2, 0) is 10.4 Å². The van der Waals surface area contributed by atoms with Crippen molar-refractivity contribution in [2.45, 2.75) is 0 Å². The number of carbonyl (C=O) groups excluding carboxylic acids is 1. The van der Waals surface area contributed by atoms with Gasteiger partial charge in [-0.3, -0.25) is 9.11 Å². The Labute approximate surface area is 79.6 Å². The molecule has 0 rings (SSSR count). The molecule has 57 valence electrons.